The number of nitrogens with one attached hydrogen (secondary N) is 1. The Morgan fingerprint density at radius 1 is 1.33 bits per heavy atom. The minimum atomic E-state index is 0.864. The molecule has 1 heterocycles. The lowest BCUT2D eigenvalue weighted by molar-refractivity contribution is 1.07. The number of hydrogen-bond donors (Lipinski definition) is 1. The van der Waals surface area contributed by atoms with Crippen molar-refractivity contribution in [1.82, 2.24) is 10.2 Å². The maximum Gasteiger partial charge on any atom is 0.205 e. The molecule has 1 aromatic carbocycles. The van der Waals surface area contributed by atoms with Gasteiger partial charge in [0.1, 0.15) is 0 Å². The monoisotopic (exact) mass is 283 g/mol. The van der Waals surface area contributed by atoms with Gasteiger partial charge in [0.2, 0.25) is 5.13 Å². The Bertz CT molecular complexity index is 455. The molecular formula is C10H10BrN3S. The molecule has 0 saturated heterocycles. The van der Waals surface area contributed by atoms with Gasteiger partial charge in [-0.2, -0.15) is 0 Å². The highest BCUT2D eigenvalue weighted by Gasteiger charge is 2.08. The lowest BCUT2D eigenvalue weighted by atomic mass is 10.2. The summed E-state index contributed by atoms with van der Waals surface area (Å²) in [5, 5.41) is 13.1. The molecule has 0 unspecified atom stereocenters. The van der Waals surface area contributed by atoms with Gasteiger partial charge in [0.05, 0.1) is 0 Å². The van der Waals surface area contributed by atoms with E-state index in [1.807, 2.05) is 31.2 Å². The van der Waals surface area contributed by atoms with Crippen LogP contribution in [0.5, 0.6) is 0 Å². The second-order valence-electron chi connectivity index (χ2n) is 2.92. The summed E-state index contributed by atoms with van der Waals surface area (Å²) in [6, 6.07) is 8.01. The van der Waals surface area contributed by atoms with Gasteiger partial charge in [-0.05, 0) is 13.0 Å². The summed E-state index contributed by atoms with van der Waals surface area (Å²) in [6.07, 6.45) is 0. The first-order valence-corrected chi connectivity index (χ1v) is 6.24. The highest BCUT2D eigenvalue weighted by atomic mass is 79.9. The van der Waals surface area contributed by atoms with Crippen molar-refractivity contribution in [1.29, 1.82) is 0 Å². The van der Waals surface area contributed by atoms with Crippen molar-refractivity contribution in [3.63, 3.8) is 0 Å². The standard InChI is InChI=1S/C10H10BrN3S/c1-2-12-10-14-13-9(15-10)7-5-3-4-6-8(7)11/h3-6H,2H2,1H3,(H,12,14). The molecule has 0 saturated carbocycles. The highest BCUT2D eigenvalue weighted by molar-refractivity contribution is 9.10. The van der Waals surface area contributed by atoms with E-state index in [0.717, 1.165) is 26.7 Å². The number of anilines is 1. The van der Waals surface area contributed by atoms with E-state index in [0.29, 0.717) is 0 Å². The minimum absolute atomic E-state index is 0.864. The van der Waals surface area contributed by atoms with E-state index in [1.54, 1.807) is 11.3 Å². The number of benzene rings is 1. The van der Waals surface area contributed by atoms with Crippen molar-refractivity contribution in [2.24, 2.45) is 0 Å². The summed E-state index contributed by atoms with van der Waals surface area (Å²) in [6.45, 7) is 2.91. The van der Waals surface area contributed by atoms with Crippen LogP contribution in [0.15, 0.2) is 28.7 Å². The molecule has 0 radical (unpaired) electrons. The minimum Gasteiger partial charge on any atom is -0.360 e. The molecule has 3 nitrogen and oxygen atoms in total. The first kappa shape index (κ1) is 10.6. The van der Waals surface area contributed by atoms with E-state index >= 15 is 0 Å². The van der Waals surface area contributed by atoms with E-state index in [1.165, 1.54) is 0 Å². The van der Waals surface area contributed by atoms with Gasteiger partial charge in [-0.15, -0.1) is 10.2 Å². The molecule has 2 rings (SSSR count). The molecular weight excluding hydrogens is 274 g/mol. The zero-order valence-corrected chi connectivity index (χ0v) is 10.6. The van der Waals surface area contributed by atoms with Crippen molar-refractivity contribution in [3.8, 4) is 10.6 Å². The predicted octanol–water partition coefficient (Wildman–Crippen LogP) is 3.40. The molecule has 0 amide bonds. The highest BCUT2D eigenvalue weighted by Crippen LogP contribution is 2.31. The lowest BCUT2D eigenvalue weighted by Gasteiger charge is -1.97. The molecule has 2 aromatic rings. The van der Waals surface area contributed by atoms with Gasteiger partial charge in [-0.25, -0.2) is 0 Å². The summed E-state index contributed by atoms with van der Waals surface area (Å²) in [5.41, 5.74) is 1.08. The third kappa shape index (κ3) is 2.35. The SMILES string of the molecule is CCNc1nnc(-c2ccccc2Br)s1. The molecule has 78 valence electrons. The van der Waals surface area contributed by atoms with Gasteiger partial charge in [0, 0.05) is 16.6 Å². The van der Waals surface area contributed by atoms with Gasteiger partial charge in [-0.1, -0.05) is 45.5 Å². The van der Waals surface area contributed by atoms with E-state index in [4.69, 9.17) is 0 Å². The Morgan fingerprint density at radius 3 is 2.87 bits per heavy atom. The van der Waals surface area contributed by atoms with Crippen LogP contribution in [0.1, 0.15) is 6.92 Å². The maximum absolute atomic E-state index is 4.14. The van der Waals surface area contributed by atoms with Gasteiger partial charge in [0.15, 0.2) is 5.01 Å². The molecule has 0 fully saturated rings. The number of nitrogens with zero attached hydrogens (tertiary/aromatic N) is 2. The summed E-state index contributed by atoms with van der Waals surface area (Å²) >= 11 is 5.06. The average Bonchev–Trinajstić information content (AvgIpc) is 2.68. The van der Waals surface area contributed by atoms with Crippen molar-refractivity contribution < 1.29 is 0 Å². The summed E-state index contributed by atoms with van der Waals surface area (Å²) in [7, 11) is 0. The second kappa shape index (κ2) is 4.72. The van der Waals surface area contributed by atoms with Gasteiger partial charge >= 0.3 is 0 Å². The number of hydrogen-bond acceptors (Lipinski definition) is 4. The topological polar surface area (TPSA) is 37.8 Å². The van der Waals surface area contributed by atoms with Crippen LogP contribution in [-0.4, -0.2) is 16.7 Å². The Kier molecular flexibility index (Phi) is 3.33. The first-order valence-electron chi connectivity index (χ1n) is 4.63. The average molecular weight is 284 g/mol. The molecule has 5 heteroatoms. The summed E-state index contributed by atoms with van der Waals surface area (Å²) in [5.74, 6) is 0. The van der Waals surface area contributed by atoms with Gasteiger partial charge < -0.3 is 5.32 Å². The fourth-order valence-electron chi connectivity index (χ4n) is 1.19. The number of aromatic nitrogens is 2. The molecule has 0 spiro atoms. The number of halogens is 1. The van der Waals surface area contributed by atoms with Crippen molar-refractivity contribution in [2.75, 3.05) is 11.9 Å². The molecule has 0 aliphatic heterocycles. The van der Waals surface area contributed by atoms with E-state index < -0.39 is 0 Å². The van der Waals surface area contributed by atoms with Crippen LogP contribution in [-0.2, 0) is 0 Å². The molecule has 0 aliphatic carbocycles. The fraction of sp³-hybridized carbons (Fsp3) is 0.200. The third-order valence-electron chi connectivity index (χ3n) is 1.86. The van der Waals surface area contributed by atoms with Crippen LogP contribution in [0.25, 0.3) is 10.6 Å². The Balaban J connectivity index is 2.33. The third-order valence-corrected chi connectivity index (χ3v) is 3.46. The van der Waals surface area contributed by atoms with Crippen LogP contribution < -0.4 is 5.32 Å². The Morgan fingerprint density at radius 2 is 2.13 bits per heavy atom. The number of rotatable bonds is 3. The Hall–Kier alpha value is -0.940. The molecule has 0 bridgehead atoms. The van der Waals surface area contributed by atoms with Crippen molar-refractivity contribution in [3.05, 3.63) is 28.7 Å². The summed E-state index contributed by atoms with van der Waals surface area (Å²) < 4.78 is 1.05. The van der Waals surface area contributed by atoms with Crippen LogP contribution in [0.4, 0.5) is 5.13 Å². The van der Waals surface area contributed by atoms with Gasteiger partial charge in [-0.3, -0.25) is 0 Å². The summed E-state index contributed by atoms with van der Waals surface area (Å²) in [4.78, 5) is 0. The normalized spacial score (nSPS) is 10.3. The van der Waals surface area contributed by atoms with Crippen molar-refractivity contribution >= 4 is 32.4 Å². The maximum atomic E-state index is 4.14. The predicted molar refractivity (Wildman–Crippen MR) is 67.2 cm³/mol. The molecule has 1 N–H and O–H groups in total. The van der Waals surface area contributed by atoms with Crippen LogP contribution >= 0.6 is 27.3 Å². The molecule has 0 atom stereocenters. The Labute approximate surface area is 101 Å². The fourth-order valence-corrected chi connectivity index (χ4v) is 2.64. The van der Waals surface area contributed by atoms with E-state index in [-0.39, 0.29) is 0 Å². The zero-order chi connectivity index (χ0) is 10.7. The quantitative estimate of drug-likeness (QED) is 0.938. The molecule has 15 heavy (non-hydrogen) atoms. The zero-order valence-electron chi connectivity index (χ0n) is 8.20. The van der Waals surface area contributed by atoms with Crippen molar-refractivity contribution in [2.45, 2.75) is 6.92 Å². The smallest absolute Gasteiger partial charge is 0.205 e. The van der Waals surface area contributed by atoms with E-state index in [9.17, 15) is 0 Å². The van der Waals surface area contributed by atoms with Crippen LogP contribution in [0, 0.1) is 0 Å². The van der Waals surface area contributed by atoms with Crippen LogP contribution in [0.2, 0.25) is 0 Å². The lowest BCUT2D eigenvalue weighted by Crippen LogP contribution is -1.94. The largest absolute Gasteiger partial charge is 0.360 e. The van der Waals surface area contributed by atoms with E-state index in [2.05, 4.69) is 31.4 Å². The molecule has 0 aliphatic rings. The van der Waals surface area contributed by atoms with Crippen LogP contribution in [0.3, 0.4) is 0 Å². The molecule has 1 aromatic heterocycles. The second-order valence-corrected chi connectivity index (χ2v) is 4.75. The van der Waals surface area contributed by atoms with Gasteiger partial charge in [0.25, 0.3) is 0 Å². The first-order chi connectivity index (χ1) is 7.31.